The molecule has 0 radical (unpaired) electrons. The van der Waals surface area contributed by atoms with Gasteiger partial charge in [0.2, 0.25) is 0 Å². The quantitative estimate of drug-likeness (QED) is 0.822. The molecule has 1 aliphatic rings. The van der Waals surface area contributed by atoms with E-state index in [2.05, 4.69) is 9.97 Å². The van der Waals surface area contributed by atoms with Crippen LogP contribution < -0.4 is 5.73 Å². The summed E-state index contributed by atoms with van der Waals surface area (Å²) in [4.78, 5) is 7.95. The van der Waals surface area contributed by atoms with Crippen molar-refractivity contribution in [1.29, 1.82) is 5.26 Å². The number of nitrogen functional groups attached to an aromatic ring is 1. The largest absolute Gasteiger partial charge is 0.386 e. The second-order valence-electron chi connectivity index (χ2n) is 4.77. The highest BCUT2D eigenvalue weighted by Crippen LogP contribution is 2.44. The number of aromatic nitrogens is 2. The van der Waals surface area contributed by atoms with Crippen molar-refractivity contribution in [2.75, 3.05) is 5.73 Å². The first-order valence-electron chi connectivity index (χ1n) is 5.86. The number of halogens is 1. The second-order valence-corrected chi connectivity index (χ2v) is 5.65. The molecule has 3 heterocycles. The second kappa shape index (κ2) is 4.34. The predicted molar refractivity (Wildman–Crippen MR) is 70.6 cm³/mol. The molecule has 0 aromatic carbocycles. The monoisotopic (exact) mass is 294 g/mol. The van der Waals surface area contributed by atoms with Gasteiger partial charge in [0.25, 0.3) is 0 Å². The summed E-state index contributed by atoms with van der Waals surface area (Å²) in [7, 11) is 0. The summed E-state index contributed by atoms with van der Waals surface area (Å²) in [6, 6.07) is 1.81. The lowest BCUT2D eigenvalue weighted by Crippen LogP contribution is -2.37. The molecule has 3 N–H and O–H groups in total. The van der Waals surface area contributed by atoms with Gasteiger partial charge in [0.1, 0.15) is 30.4 Å². The number of nitrogens with zero attached hydrogens (tertiary/aromatic N) is 3. The molecule has 0 saturated carbocycles. The fourth-order valence-corrected chi connectivity index (χ4v) is 3.23. The summed E-state index contributed by atoms with van der Waals surface area (Å²) in [6.45, 7) is 1.36. The number of alkyl halides is 1. The number of fused-ring (bicyclic) bond motifs is 1. The Morgan fingerprint density at radius 1 is 1.60 bits per heavy atom. The van der Waals surface area contributed by atoms with Gasteiger partial charge in [-0.3, -0.25) is 0 Å². The molecule has 6 nitrogen and oxygen atoms in total. The zero-order valence-corrected chi connectivity index (χ0v) is 11.3. The normalized spacial score (nSPS) is 33.4. The van der Waals surface area contributed by atoms with Crippen molar-refractivity contribution in [2.45, 2.75) is 30.9 Å². The minimum Gasteiger partial charge on any atom is -0.386 e. The third-order valence-electron chi connectivity index (χ3n) is 3.46. The number of hydrogen-bond acceptors (Lipinski definition) is 7. The molecule has 2 aromatic heterocycles. The Kier molecular flexibility index (Phi) is 2.86. The molecule has 8 heteroatoms. The molecular formula is C12H11FN4O2S. The molecule has 104 valence electrons. The number of ether oxygens (including phenoxy) is 1. The van der Waals surface area contributed by atoms with Crippen LogP contribution in [-0.2, 0) is 4.74 Å². The lowest BCUT2D eigenvalue weighted by molar-refractivity contribution is -0.0298. The molecule has 0 spiro atoms. The van der Waals surface area contributed by atoms with Crippen molar-refractivity contribution in [3.63, 3.8) is 0 Å². The van der Waals surface area contributed by atoms with E-state index in [0.717, 1.165) is 0 Å². The van der Waals surface area contributed by atoms with Crippen molar-refractivity contribution in [3.8, 4) is 6.07 Å². The van der Waals surface area contributed by atoms with Gasteiger partial charge in [0, 0.05) is 5.56 Å². The van der Waals surface area contributed by atoms with Crippen LogP contribution in [0.3, 0.4) is 0 Å². The maximum atomic E-state index is 14.3. The summed E-state index contributed by atoms with van der Waals surface area (Å²) in [6.07, 6.45) is -2.96. The highest BCUT2D eigenvalue weighted by molar-refractivity contribution is 7.17. The number of thiophene rings is 1. The summed E-state index contributed by atoms with van der Waals surface area (Å²) < 4.78 is 20.3. The lowest BCUT2D eigenvalue weighted by Gasteiger charge is -2.17. The third-order valence-corrected chi connectivity index (χ3v) is 4.47. The van der Waals surface area contributed by atoms with Crippen LogP contribution in [0.15, 0.2) is 11.7 Å². The topological polar surface area (TPSA) is 105 Å². The average molecular weight is 294 g/mol. The molecular weight excluding hydrogens is 283 g/mol. The van der Waals surface area contributed by atoms with E-state index in [9.17, 15) is 9.50 Å². The first kappa shape index (κ1) is 13.2. The molecule has 20 heavy (non-hydrogen) atoms. The van der Waals surface area contributed by atoms with E-state index in [1.54, 1.807) is 11.4 Å². The van der Waals surface area contributed by atoms with Crippen LogP contribution >= 0.6 is 11.3 Å². The average Bonchev–Trinajstić information content (AvgIpc) is 2.96. The van der Waals surface area contributed by atoms with Gasteiger partial charge in [-0.15, -0.1) is 11.3 Å². The van der Waals surface area contributed by atoms with Gasteiger partial charge in [-0.1, -0.05) is 0 Å². The minimum atomic E-state index is -1.70. The van der Waals surface area contributed by atoms with Crippen molar-refractivity contribution < 1.29 is 14.2 Å². The smallest absolute Gasteiger partial charge is 0.180 e. The number of rotatable bonds is 1. The van der Waals surface area contributed by atoms with E-state index in [-0.39, 0.29) is 0 Å². The van der Waals surface area contributed by atoms with E-state index in [0.29, 0.717) is 21.6 Å². The summed E-state index contributed by atoms with van der Waals surface area (Å²) in [5.74, 6) is 0.309. The summed E-state index contributed by atoms with van der Waals surface area (Å²) >= 11 is 1.28. The highest BCUT2D eigenvalue weighted by atomic mass is 32.1. The zero-order chi connectivity index (χ0) is 14.5. The van der Waals surface area contributed by atoms with E-state index < -0.39 is 24.0 Å². The van der Waals surface area contributed by atoms with Crippen LogP contribution in [0.5, 0.6) is 0 Å². The van der Waals surface area contributed by atoms with Crippen molar-refractivity contribution >= 4 is 27.4 Å². The fraction of sp³-hybridized carbons (Fsp3) is 0.417. The van der Waals surface area contributed by atoms with Crippen molar-refractivity contribution in [1.82, 2.24) is 9.97 Å². The molecule has 0 aliphatic carbocycles. The third kappa shape index (κ3) is 1.67. The van der Waals surface area contributed by atoms with Crippen LogP contribution in [0.4, 0.5) is 10.2 Å². The van der Waals surface area contributed by atoms with Crippen molar-refractivity contribution in [3.05, 3.63) is 17.3 Å². The molecule has 1 saturated heterocycles. The molecule has 2 aromatic rings. The standard InChI is InChI=1S/C12H11FN4O2S/c1-12(3-14)10(18)6(13)8(19-12)5-2-20-9-7(5)16-4-17-11(9)15/h2,4,6,8,10,18H,1H3,(H2,15,16,17)/t6-,8-,10-,12+/m0/s1. The SMILES string of the molecule is C[C@]1(C#N)O[C@@H](c2csc3c(N)ncnc23)[C@H](F)[C@@H]1O. The van der Waals surface area contributed by atoms with Gasteiger partial charge in [0.05, 0.1) is 10.2 Å². The van der Waals surface area contributed by atoms with E-state index in [1.165, 1.54) is 24.6 Å². The van der Waals surface area contributed by atoms with Crippen molar-refractivity contribution in [2.24, 2.45) is 0 Å². The number of nitrogens with two attached hydrogens (primary N) is 1. The number of aliphatic hydroxyl groups excluding tert-OH is 1. The van der Waals surface area contributed by atoms with Crippen LogP contribution in [0, 0.1) is 11.3 Å². The Morgan fingerprint density at radius 3 is 3.00 bits per heavy atom. The first-order valence-corrected chi connectivity index (χ1v) is 6.74. The molecule has 0 unspecified atom stereocenters. The molecule has 1 aliphatic heterocycles. The van der Waals surface area contributed by atoms with E-state index >= 15 is 0 Å². The molecule has 4 atom stereocenters. The minimum absolute atomic E-state index is 0.309. The van der Waals surface area contributed by atoms with Crippen LogP contribution in [0.2, 0.25) is 0 Å². The van der Waals surface area contributed by atoms with Crippen LogP contribution in [-0.4, -0.2) is 33.0 Å². The molecule has 0 bridgehead atoms. The Hall–Kier alpha value is -1.82. The Bertz CT molecular complexity index is 715. The lowest BCUT2D eigenvalue weighted by atomic mass is 9.97. The van der Waals surface area contributed by atoms with Crippen LogP contribution in [0.25, 0.3) is 10.2 Å². The van der Waals surface area contributed by atoms with Gasteiger partial charge in [-0.05, 0) is 12.3 Å². The number of hydrogen-bond donors (Lipinski definition) is 2. The van der Waals surface area contributed by atoms with Gasteiger partial charge in [-0.25, -0.2) is 14.4 Å². The number of aliphatic hydroxyl groups is 1. The maximum Gasteiger partial charge on any atom is 0.180 e. The maximum absolute atomic E-state index is 14.3. The van der Waals surface area contributed by atoms with E-state index in [4.69, 9.17) is 15.7 Å². The van der Waals surface area contributed by atoms with Gasteiger partial charge >= 0.3 is 0 Å². The Labute approximate surface area is 117 Å². The predicted octanol–water partition coefficient (Wildman–Crippen LogP) is 1.33. The fourth-order valence-electron chi connectivity index (χ4n) is 2.28. The molecule has 0 amide bonds. The number of anilines is 1. The van der Waals surface area contributed by atoms with Gasteiger partial charge in [0.15, 0.2) is 11.8 Å². The molecule has 3 rings (SSSR count). The van der Waals surface area contributed by atoms with E-state index in [1.807, 2.05) is 0 Å². The molecule has 1 fully saturated rings. The number of nitriles is 1. The van der Waals surface area contributed by atoms with Gasteiger partial charge < -0.3 is 15.6 Å². The Balaban J connectivity index is 2.09. The zero-order valence-electron chi connectivity index (χ0n) is 10.4. The summed E-state index contributed by atoms with van der Waals surface area (Å²) in [5.41, 5.74) is 5.13. The highest BCUT2D eigenvalue weighted by Gasteiger charge is 2.54. The van der Waals surface area contributed by atoms with Crippen LogP contribution in [0.1, 0.15) is 18.6 Å². The van der Waals surface area contributed by atoms with Gasteiger partial charge in [-0.2, -0.15) is 5.26 Å². The summed E-state index contributed by atoms with van der Waals surface area (Å²) in [5, 5.41) is 20.5. The Morgan fingerprint density at radius 2 is 2.35 bits per heavy atom. The first-order chi connectivity index (χ1) is 9.48.